The van der Waals surface area contributed by atoms with Crippen LogP contribution in [0, 0.1) is 0 Å². The lowest BCUT2D eigenvalue weighted by molar-refractivity contribution is -0.220. The largest absolute Gasteiger partial charge is 0.472 e. The van der Waals surface area contributed by atoms with Crippen molar-refractivity contribution in [3.63, 3.8) is 0 Å². The number of hydrogen-bond acceptors (Lipinski definition) is 12. The number of phosphoric acid groups is 1. The number of ether oxygens (including phenoxy) is 2. The molecule has 0 amide bonds. The van der Waals surface area contributed by atoms with E-state index in [9.17, 15) is 44.6 Å². The van der Waals surface area contributed by atoms with Crippen molar-refractivity contribution in [3.8, 4) is 0 Å². The van der Waals surface area contributed by atoms with Gasteiger partial charge in [-0.25, -0.2) is 4.57 Å². The van der Waals surface area contributed by atoms with Crippen molar-refractivity contribution in [2.45, 2.75) is 166 Å². The minimum atomic E-state index is -5.09. The summed E-state index contributed by atoms with van der Waals surface area (Å²) in [7, 11) is -5.09. The molecule has 1 fully saturated rings. The Morgan fingerprint density at radius 2 is 1.15 bits per heavy atom. The second-order valence-electron chi connectivity index (χ2n) is 12.4. The van der Waals surface area contributed by atoms with Gasteiger partial charge in [0.25, 0.3) is 0 Å². The van der Waals surface area contributed by atoms with E-state index in [1.807, 2.05) is 6.92 Å². The van der Waals surface area contributed by atoms with Gasteiger partial charge in [-0.1, -0.05) is 89.5 Å². The van der Waals surface area contributed by atoms with E-state index in [1.165, 1.54) is 19.3 Å². The number of aliphatic hydroxyl groups excluding tert-OH is 5. The van der Waals surface area contributed by atoms with Crippen LogP contribution in [0.25, 0.3) is 0 Å². The number of carbonyl (C=O) groups excluding carboxylic acids is 2. The van der Waals surface area contributed by atoms with E-state index < -0.39 is 75.7 Å². The molecule has 0 aromatic carbocycles. The average Bonchev–Trinajstić information content (AvgIpc) is 3.06. The maximum Gasteiger partial charge on any atom is 0.472 e. The second-order valence-corrected chi connectivity index (χ2v) is 13.8. The number of esters is 2. The monoisotopic (exact) mass is 708 g/mol. The summed E-state index contributed by atoms with van der Waals surface area (Å²) in [5.74, 6) is -1.15. The maximum atomic E-state index is 12.6. The molecule has 13 nitrogen and oxygen atoms in total. The number of allylic oxidation sites excluding steroid dienone is 4. The van der Waals surface area contributed by atoms with E-state index in [1.54, 1.807) is 0 Å². The number of rotatable bonds is 27. The SMILES string of the molecule is CCCCC/C=C\C/C=C\CCCCCCCCCC(=O)OC(COC(=O)CCCC)COP(=O)(O)OC1C(O)C(O)C(O)C(O)C1O. The van der Waals surface area contributed by atoms with Crippen molar-refractivity contribution in [3.05, 3.63) is 24.3 Å². The highest BCUT2D eigenvalue weighted by Gasteiger charge is 2.51. The van der Waals surface area contributed by atoms with Crippen molar-refractivity contribution in [1.29, 1.82) is 0 Å². The Balaban J connectivity index is 2.41. The number of aliphatic hydroxyl groups is 5. The second kappa shape index (κ2) is 26.2. The Kier molecular flexibility index (Phi) is 24.2. The van der Waals surface area contributed by atoms with Crippen LogP contribution in [0.5, 0.6) is 0 Å². The van der Waals surface area contributed by atoms with Gasteiger partial charge in [0.1, 0.15) is 43.2 Å². The van der Waals surface area contributed by atoms with Crippen LogP contribution < -0.4 is 0 Å². The van der Waals surface area contributed by atoms with E-state index in [0.29, 0.717) is 12.8 Å². The Bertz CT molecular complexity index is 959. The van der Waals surface area contributed by atoms with Gasteiger partial charge in [0, 0.05) is 12.8 Å². The van der Waals surface area contributed by atoms with E-state index in [2.05, 4.69) is 31.2 Å². The molecule has 1 aliphatic carbocycles. The zero-order valence-corrected chi connectivity index (χ0v) is 29.7. The summed E-state index contributed by atoms with van der Waals surface area (Å²) in [6.45, 7) is 2.93. The van der Waals surface area contributed by atoms with Crippen LogP contribution in [0.2, 0.25) is 0 Å². The fourth-order valence-corrected chi connectivity index (χ4v) is 6.03. The van der Waals surface area contributed by atoms with Crippen molar-refractivity contribution >= 4 is 19.8 Å². The lowest BCUT2D eigenvalue weighted by Gasteiger charge is -2.41. The van der Waals surface area contributed by atoms with Crippen molar-refractivity contribution < 1.29 is 63.1 Å². The lowest BCUT2D eigenvalue weighted by Crippen LogP contribution is -2.64. The van der Waals surface area contributed by atoms with Gasteiger partial charge in [-0.15, -0.1) is 0 Å². The molecule has 0 bridgehead atoms. The van der Waals surface area contributed by atoms with Gasteiger partial charge in [0.2, 0.25) is 0 Å². The summed E-state index contributed by atoms with van der Waals surface area (Å²) in [5, 5.41) is 49.5. The van der Waals surface area contributed by atoms with Crippen LogP contribution in [-0.2, 0) is 32.7 Å². The molecule has 0 aromatic rings. The van der Waals surface area contributed by atoms with Crippen LogP contribution >= 0.6 is 7.82 Å². The molecule has 0 saturated heterocycles. The fourth-order valence-electron chi connectivity index (χ4n) is 5.06. The topological polar surface area (TPSA) is 210 Å². The summed E-state index contributed by atoms with van der Waals surface area (Å²) in [6.07, 6.45) is 11.2. The first kappa shape index (κ1) is 44.4. The fraction of sp³-hybridized carbons (Fsp3) is 0.824. The minimum absolute atomic E-state index is 0.0873. The summed E-state index contributed by atoms with van der Waals surface area (Å²) < 4.78 is 32.8. The summed E-state index contributed by atoms with van der Waals surface area (Å²) in [4.78, 5) is 34.7. The molecule has 6 atom stereocenters. The van der Waals surface area contributed by atoms with E-state index in [4.69, 9.17) is 18.5 Å². The van der Waals surface area contributed by atoms with E-state index >= 15 is 0 Å². The van der Waals surface area contributed by atoms with Crippen LogP contribution in [0.15, 0.2) is 24.3 Å². The van der Waals surface area contributed by atoms with Gasteiger partial charge in [0.15, 0.2) is 6.10 Å². The molecule has 1 rings (SSSR count). The maximum absolute atomic E-state index is 12.6. The highest BCUT2D eigenvalue weighted by atomic mass is 31.2. The normalized spacial score (nSPS) is 24.9. The van der Waals surface area contributed by atoms with Gasteiger partial charge in [-0.2, -0.15) is 0 Å². The highest BCUT2D eigenvalue weighted by molar-refractivity contribution is 7.47. The molecule has 0 aliphatic heterocycles. The Morgan fingerprint density at radius 1 is 0.646 bits per heavy atom. The third-order valence-corrected chi connectivity index (χ3v) is 9.03. The predicted molar refractivity (Wildman–Crippen MR) is 180 cm³/mol. The standard InChI is InChI=1S/C34H61O13P/c1-3-5-7-8-9-10-11-12-13-14-15-16-17-18-19-20-21-23-28(36)46-26(24-44-27(35)22-6-4-2)25-45-48(42,43)47-34-32(40)30(38)29(37)31(39)33(34)41/h9-10,12-13,26,29-34,37-41H,3-8,11,14-25H2,1-2H3,(H,42,43)/b10-9-,13-12-. The van der Waals surface area contributed by atoms with Crippen LogP contribution in [0.4, 0.5) is 0 Å². The summed E-state index contributed by atoms with van der Waals surface area (Å²) >= 11 is 0. The number of phosphoric ester groups is 1. The molecule has 6 N–H and O–H groups in total. The molecule has 1 aliphatic rings. The number of unbranched alkanes of at least 4 members (excludes halogenated alkanes) is 11. The predicted octanol–water partition coefficient (Wildman–Crippen LogP) is 4.55. The Hall–Kier alpha value is -1.67. The molecule has 0 spiro atoms. The number of hydrogen-bond donors (Lipinski definition) is 6. The Morgan fingerprint density at radius 3 is 1.73 bits per heavy atom. The molecule has 280 valence electrons. The van der Waals surface area contributed by atoms with Gasteiger partial charge in [0.05, 0.1) is 6.61 Å². The summed E-state index contributed by atoms with van der Waals surface area (Å²) in [6, 6.07) is 0. The third-order valence-electron chi connectivity index (χ3n) is 8.05. The zero-order valence-electron chi connectivity index (χ0n) is 28.8. The van der Waals surface area contributed by atoms with Crippen molar-refractivity contribution in [1.82, 2.24) is 0 Å². The molecule has 14 heteroatoms. The molecule has 0 aromatic heterocycles. The molecule has 0 heterocycles. The minimum Gasteiger partial charge on any atom is -0.462 e. The highest BCUT2D eigenvalue weighted by Crippen LogP contribution is 2.47. The first-order valence-electron chi connectivity index (χ1n) is 17.6. The molecular weight excluding hydrogens is 647 g/mol. The third kappa shape index (κ3) is 19.5. The van der Waals surface area contributed by atoms with Gasteiger partial charge < -0.3 is 39.9 Å². The molecule has 6 unspecified atom stereocenters. The van der Waals surface area contributed by atoms with Crippen LogP contribution in [0.3, 0.4) is 0 Å². The van der Waals surface area contributed by atoms with Crippen molar-refractivity contribution in [2.24, 2.45) is 0 Å². The molecular formula is C34H61O13P. The molecule has 48 heavy (non-hydrogen) atoms. The zero-order chi connectivity index (χ0) is 35.8. The molecule has 1 saturated carbocycles. The van der Waals surface area contributed by atoms with Crippen LogP contribution in [-0.4, -0.2) is 98.3 Å². The van der Waals surface area contributed by atoms with Crippen LogP contribution in [0.1, 0.15) is 123 Å². The number of carbonyl (C=O) groups is 2. The lowest BCUT2D eigenvalue weighted by atomic mass is 9.85. The van der Waals surface area contributed by atoms with Gasteiger partial charge in [-0.05, 0) is 44.9 Å². The first-order valence-corrected chi connectivity index (χ1v) is 19.1. The Labute approximate surface area is 285 Å². The molecule has 0 radical (unpaired) electrons. The van der Waals surface area contributed by atoms with Gasteiger partial charge >= 0.3 is 19.8 Å². The van der Waals surface area contributed by atoms with E-state index in [-0.39, 0.29) is 12.8 Å². The van der Waals surface area contributed by atoms with E-state index in [0.717, 1.165) is 64.2 Å². The average molecular weight is 709 g/mol. The smallest absolute Gasteiger partial charge is 0.462 e. The quantitative estimate of drug-likeness (QED) is 0.0300. The van der Waals surface area contributed by atoms with Gasteiger partial charge in [-0.3, -0.25) is 18.6 Å². The first-order chi connectivity index (χ1) is 22.9. The summed E-state index contributed by atoms with van der Waals surface area (Å²) in [5.41, 5.74) is 0. The van der Waals surface area contributed by atoms with Crippen molar-refractivity contribution in [2.75, 3.05) is 13.2 Å².